The minimum Gasteiger partial charge on any atom is -0.334 e. The van der Waals surface area contributed by atoms with E-state index in [4.69, 9.17) is 5.73 Å². The zero-order chi connectivity index (χ0) is 16.6. The van der Waals surface area contributed by atoms with Gasteiger partial charge < -0.3 is 10.6 Å². The monoisotopic (exact) mass is 314 g/mol. The highest BCUT2D eigenvalue weighted by atomic mass is 16.2. The van der Waals surface area contributed by atoms with Gasteiger partial charge in [0.05, 0.1) is 0 Å². The van der Waals surface area contributed by atoms with Gasteiger partial charge >= 0.3 is 0 Å². The van der Waals surface area contributed by atoms with Crippen LogP contribution in [0.2, 0.25) is 0 Å². The van der Waals surface area contributed by atoms with Crippen LogP contribution in [0.25, 0.3) is 5.65 Å². The van der Waals surface area contributed by atoms with E-state index in [1.54, 1.807) is 11.1 Å². The van der Waals surface area contributed by atoms with Gasteiger partial charge in [0.2, 0.25) is 0 Å². The maximum absolute atomic E-state index is 12.9. The molecule has 6 nitrogen and oxygen atoms in total. The van der Waals surface area contributed by atoms with E-state index >= 15 is 0 Å². The van der Waals surface area contributed by atoms with Crippen LogP contribution in [0.1, 0.15) is 42.1 Å². The number of amides is 1. The van der Waals surface area contributed by atoms with E-state index in [2.05, 4.69) is 4.98 Å². The highest BCUT2D eigenvalue weighted by Crippen LogP contribution is 2.20. The Bertz CT molecular complexity index is 797. The van der Waals surface area contributed by atoms with Crippen LogP contribution in [-0.4, -0.2) is 38.8 Å². The summed E-state index contributed by atoms with van der Waals surface area (Å²) >= 11 is 0. The number of likely N-dealkylation sites (tertiary alicyclic amines) is 1. The van der Waals surface area contributed by atoms with Gasteiger partial charge in [-0.15, -0.1) is 0 Å². The molecule has 2 aromatic heterocycles. The third-order valence-corrected chi connectivity index (χ3v) is 4.51. The van der Waals surface area contributed by atoms with Crippen LogP contribution >= 0.6 is 0 Å². The highest BCUT2D eigenvalue weighted by Gasteiger charge is 2.31. The Morgan fingerprint density at radius 1 is 1.43 bits per heavy atom. The predicted molar refractivity (Wildman–Crippen MR) is 88.5 cm³/mol. The zero-order valence-electron chi connectivity index (χ0n) is 13.5. The first-order chi connectivity index (χ1) is 11.0. The van der Waals surface area contributed by atoms with Crippen molar-refractivity contribution >= 4 is 11.6 Å². The molecule has 2 aromatic rings. The molecule has 122 valence electrons. The Labute approximate surface area is 134 Å². The molecule has 2 atom stereocenters. The smallest absolute Gasteiger partial charge is 0.270 e. The Morgan fingerprint density at radius 3 is 2.96 bits per heavy atom. The number of nitrogens with zero attached hydrogens (tertiary/aromatic N) is 3. The molecular weight excluding hydrogens is 292 g/mol. The van der Waals surface area contributed by atoms with E-state index < -0.39 is 0 Å². The highest BCUT2D eigenvalue weighted by molar-refractivity contribution is 5.94. The number of aryl methyl sites for hydroxylation is 1. The summed E-state index contributed by atoms with van der Waals surface area (Å²) in [5, 5.41) is 0. The van der Waals surface area contributed by atoms with Crippen LogP contribution < -0.4 is 11.3 Å². The molecule has 0 bridgehead atoms. The Balaban J connectivity index is 2.02. The van der Waals surface area contributed by atoms with Gasteiger partial charge in [0.25, 0.3) is 11.5 Å². The predicted octanol–water partition coefficient (Wildman–Crippen LogP) is 1.34. The molecule has 0 spiro atoms. The second kappa shape index (κ2) is 6.12. The van der Waals surface area contributed by atoms with E-state index in [9.17, 15) is 9.59 Å². The summed E-state index contributed by atoms with van der Waals surface area (Å²) in [4.78, 5) is 31.5. The van der Waals surface area contributed by atoms with Gasteiger partial charge in [0.15, 0.2) is 0 Å². The summed E-state index contributed by atoms with van der Waals surface area (Å²) in [5.41, 5.74) is 7.38. The summed E-state index contributed by atoms with van der Waals surface area (Å²) in [5.74, 6) is -0.264. The second-order valence-electron chi connectivity index (χ2n) is 6.33. The SMILES string of the molecule is Cc1ccn2c(=O)c(C(=O)N3CCCC[C@H]3[C@@H](C)N)cnc2c1. The van der Waals surface area contributed by atoms with Crippen molar-refractivity contribution in [2.45, 2.75) is 45.2 Å². The lowest BCUT2D eigenvalue weighted by Gasteiger charge is -2.37. The molecule has 0 unspecified atom stereocenters. The van der Waals surface area contributed by atoms with Gasteiger partial charge in [-0.2, -0.15) is 0 Å². The van der Waals surface area contributed by atoms with Gasteiger partial charge in [-0.25, -0.2) is 4.98 Å². The van der Waals surface area contributed by atoms with E-state index in [1.807, 2.05) is 26.0 Å². The number of hydrogen-bond donors (Lipinski definition) is 1. The molecule has 1 amide bonds. The molecule has 0 aliphatic carbocycles. The molecule has 6 heteroatoms. The van der Waals surface area contributed by atoms with Crippen molar-refractivity contribution < 1.29 is 4.79 Å². The van der Waals surface area contributed by atoms with Crippen LogP contribution in [0.15, 0.2) is 29.3 Å². The van der Waals surface area contributed by atoms with Crippen molar-refractivity contribution in [1.29, 1.82) is 0 Å². The normalized spacial score (nSPS) is 19.8. The molecule has 3 rings (SSSR count). The third kappa shape index (κ3) is 2.86. The van der Waals surface area contributed by atoms with Gasteiger partial charge in [-0.05, 0) is 50.8 Å². The number of carbonyl (C=O) groups excluding carboxylic acids is 1. The molecule has 1 aliphatic heterocycles. The largest absolute Gasteiger partial charge is 0.334 e. The fourth-order valence-corrected chi connectivity index (χ4v) is 3.23. The van der Waals surface area contributed by atoms with Gasteiger partial charge in [-0.3, -0.25) is 14.0 Å². The van der Waals surface area contributed by atoms with Crippen molar-refractivity contribution in [3.05, 3.63) is 46.0 Å². The van der Waals surface area contributed by atoms with Crippen molar-refractivity contribution in [1.82, 2.24) is 14.3 Å². The van der Waals surface area contributed by atoms with Gasteiger partial charge in [0.1, 0.15) is 11.2 Å². The van der Waals surface area contributed by atoms with Crippen LogP contribution in [0, 0.1) is 6.92 Å². The van der Waals surface area contributed by atoms with Crippen LogP contribution in [0.4, 0.5) is 0 Å². The topological polar surface area (TPSA) is 80.7 Å². The average molecular weight is 314 g/mol. The zero-order valence-corrected chi connectivity index (χ0v) is 13.5. The lowest BCUT2D eigenvalue weighted by Crippen LogP contribution is -2.52. The molecule has 3 heterocycles. The van der Waals surface area contributed by atoms with Crippen molar-refractivity contribution in [2.24, 2.45) is 5.73 Å². The van der Waals surface area contributed by atoms with Crippen LogP contribution in [0.3, 0.4) is 0 Å². The lowest BCUT2D eigenvalue weighted by molar-refractivity contribution is 0.0581. The first-order valence-corrected chi connectivity index (χ1v) is 8.03. The van der Waals surface area contributed by atoms with Gasteiger partial charge in [0, 0.05) is 31.0 Å². The second-order valence-corrected chi connectivity index (χ2v) is 6.33. The fraction of sp³-hybridized carbons (Fsp3) is 0.471. The van der Waals surface area contributed by atoms with Crippen molar-refractivity contribution in [3.63, 3.8) is 0 Å². The number of carbonyl (C=O) groups is 1. The van der Waals surface area contributed by atoms with E-state index in [0.29, 0.717) is 12.2 Å². The first kappa shape index (κ1) is 15.7. The van der Waals surface area contributed by atoms with Crippen molar-refractivity contribution in [2.75, 3.05) is 6.54 Å². The van der Waals surface area contributed by atoms with Gasteiger partial charge in [-0.1, -0.05) is 0 Å². The summed E-state index contributed by atoms with van der Waals surface area (Å²) < 4.78 is 1.42. The molecule has 1 aliphatic rings. The average Bonchev–Trinajstić information content (AvgIpc) is 2.54. The van der Waals surface area contributed by atoms with E-state index in [0.717, 1.165) is 24.8 Å². The maximum Gasteiger partial charge on any atom is 0.270 e. The molecule has 1 fully saturated rings. The summed E-state index contributed by atoms with van der Waals surface area (Å²) in [6, 6.07) is 3.52. The standard InChI is InChI=1S/C17H22N4O2/c1-11-6-8-21-15(9-11)19-10-13(17(21)23)16(22)20-7-4-3-5-14(20)12(2)18/h6,8-10,12,14H,3-5,7,18H2,1-2H3/t12-,14+/m1/s1. The van der Waals surface area contributed by atoms with E-state index in [-0.39, 0.29) is 29.1 Å². The number of fused-ring (bicyclic) bond motifs is 1. The molecule has 0 saturated carbocycles. The molecule has 1 saturated heterocycles. The molecule has 2 N–H and O–H groups in total. The maximum atomic E-state index is 12.9. The first-order valence-electron chi connectivity index (χ1n) is 8.03. The minimum absolute atomic E-state index is 0.0191. The number of hydrogen-bond acceptors (Lipinski definition) is 4. The summed E-state index contributed by atoms with van der Waals surface area (Å²) in [6.45, 7) is 4.48. The Morgan fingerprint density at radius 2 is 2.22 bits per heavy atom. The van der Waals surface area contributed by atoms with E-state index in [1.165, 1.54) is 10.6 Å². The lowest BCUT2D eigenvalue weighted by atomic mass is 9.96. The molecule has 0 aromatic carbocycles. The number of aromatic nitrogens is 2. The number of piperidine rings is 1. The summed E-state index contributed by atoms with van der Waals surface area (Å²) in [6.07, 6.45) is 5.94. The van der Waals surface area contributed by atoms with Crippen LogP contribution in [-0.2, 0) is 0 Å². The Hall–Kier alpha value is -2.21. The molecular formula is C17H22N4O2. The fourth-order valence-electron chi connectivity index (χ4n) is 3.23. The third-order valence-electron chi connectivity index (χ3n) is 4.51. The number of nitrogens with two attached hydrogens (primary N) is 1. The quantitative estimate of drug-likeness (QED) is 0.907. The van der Waals surface area contributed by atoms with Crippen LogP contribution in [0.5, 0.6) is 0 Å². The molecule has 0 radical (unpaired) electrons. The summed E-state index contributed by atoms with van der Waals surface area (Å²) in [7, 11) is 0. The number of rotatable bonds is 2. The molecule has 23 heavy (non-hydrogen) atoms. The Kier molecular flexibility index (Phi) is 4.17. The number of pyridine rings is 1. The minimum atomic E-state index is -0.325. The van der Waals surface area contributed by atoms with Crippen molar-refractivity contribution in [3.8, 4) is 0 Å².